The molecule has 0 aliphatic carbocycles. The number of thioether (sulfide) groups is 1. The van der Waals surface area contributed by atoms with E-state index in [1.54, 1.807) is 11.0 Å². The smallest absolute Gasteiger partial charge is 0.294 e. The summed E-state index contributed by atoms with van der Waals surface area (Å²) in [6.07, 6.45) is 3.60. The Bertz CT molecular complexity index is 1100. The third-order valence-electron chi connectivity index (χ3n) is 5.36. The van der Waals surface area contributed by atoms with Crippen molar-refractivity contribution in [3.63, 3.8) is 0 Å². The Balaban J connectivity index is 1.41. The molecule has 0 atom stereocenters. The monoisotopic (exact) mass is 514 g/mol. The van der Waals surface area contributed by atoms with Crippen molar-refractivity contribution in [3.05, 3.63) is 68.5 Å². The number of ether oxygens (including phenoxy) is 1. The molecule has 2 aromatic carbocycles. The molecule has 2 aliphatic heterocycles. The lowest BCUT2D eigenvalue weighted by Crippen LogP contribution is -2.40. The van der Waals surface area contributed by atoms with Crippen LogP contribution in [-0.2, 0) is 16.2 Å². The van der Waals surface area contributed by atoms with Crippen molar-refractivity contribution in [1.82, 2.24) is 9.80 Å². The first kappa shape index (κ1) is 22.6. The van der Waals surface area contributed by atoms with Crippen LogP contribution in [0, 0.1) is 6.92 Å². The maximum atomic E-state index is 12.7. The molecular formula is C24H23BrN2O4S. The lowest BCUT2D eigenvalue weighted by Gasteiger charge is -2.18. The van der Waals surface area contributed by atoms with E-state index < -0.39 is 11.1 Å². The topological polar surface area (TPSA) is 66.9 Å². The predicted octanol–water partition coefficient (Wildman–Crippen LogP) is 5.00. The quantitative estimate of drug-likeness (QED) is 0.507. The third kappa shape index (κ3) is 5.24. The summed E-state index contributed by atoms with van der Waals surface area (Å²) in [6, 6.07) is 13.6. The maximum absolute atomic E-state index is 12.7. The number of carbonyl (C=O) groups is 3. The second-order valence-corrected chi connectivity index (χ2v) is 9.67. The summed E-state index contributed by atoms with van der Waals surface area (Å²) in [5.41, 5.74) is 3.02. The summed E-state index contributed by atoms with van der Waals surface area (Å²) in [4.78, 5) is 40.5. The Morgan fingerprint density at radius 2 is 1.94 bits per heavy atom. The minimum absolute atomic E-state index is 0.177. The lowest BCUT2D eigenvalue weighted by molar-refractivity contribution is -0.135. The van der Waals surface area contributed by atoms with Gasteiger partial charge in [0.05, 0.1) is 9.38 Å². The van der Waals surface area contributed by atoms with Crippen molar-refractivity contribution >= 4 is 50.8 Å². The zero-order chi connectivity index (χ0) is 22.7. The van der Waals surface area contributed by atoms with Gasteiger partial charge in [-0.3, -0.25) is 19.3 Å². The molecule has 166 valence electrons. The Morgan fingerprint density at radius 3 is 2.66 bits per heavy atom. The minimum Gasteiger partial charge on any atom is -0.488 e. The van der Waals surface area contributed by atoms with Crippen LogP contribution >= 0.6 is 27.7 Å². The van der Waals surface area contributed by atoms with Crippen molar-refractivity contribution in [2.75, 3.05) is 19.6 Å². The first-order valence-electron chi connectivity index (χ1n) is 10.4. The summed E-state index contributed by atoms with van der Waals surface area (Å²) < 4.78 is 6.66. The zero-order valence-electron chi connectivity index (χ0n) is 17.7. The van der Waals surface area contributed by atoms with Gasteiger partial charge in [0.15, 0.2) is 0 Å². The fourth-order valence-electron chi connectivity index (χ4n) is 3.68. The first-order chi connectivity index (χ1) is 15.4. The second-order valence-electron chi connectivity index (χ2n) is 7.82. The zero-order valence-corrected chi connectivity index (χ0v) is 20.1. The highest BCUT2D eigenvalue weighted by molar-refractivity contribution is 9.10. The number of carbonyl (C=O) groups excluding carboxylic acids is 3. The Hall–Kier alpha value is -2.58. The summed E-state index contributed by atoms with van der Waals surface area (Å²) in [7, 11) is 0. The largest absolute Gasteiger partial charge is 0.488 e. The van der Waals surface area contributed by atoms with E-state index in [2.05, 4.69) is 22.0 Å². The third-order valence-corrected chi connectivity index (χ3v) is 6.88. The molecule has 0 N–H and O–H groups in total. The van der Waals surface area contributed by atoms with Crippen LogP contribution < -0.4 is 4.74 Å². The molecule has 2 aliphatic rings. The van der Waals surface area contributed by atoms with Gasteiger partial charge in [-0.15, -0.1) is 0 Å². The van der Waals surface area contributed by atoms with E-state index in [1.807, 2.05) is 43.3 Å². The van der Waals surface area contributed by atoms with E-state index in [9.17, 15) is 14.4 Å². The Morgan fingerprint density at radius 1 is 1.16 bits per heavy atom. The molecular weight excluding hydrogens is 492 g/mol. The average molecular weight is 515 g/mol. The normalized spacial score (nSPS) is 17.5. The molecule has 6 nitrogen and oxygen atoms in total. The van der Waals surface area contributed by atoms with E-state index in [0.717, 1.165) is 45.1 Å². The van der Waals surface area contributed by atoms with Gasteiger partial charge in [-0.05, 0) is 76.8 Å². The molecule has 2 saturated heterocycles. The predicted molar refractivity (Wildman–Crippen MR) is 128 cm³/mol. The molecule has 8 heteroatoms. The van der Waals surface area contributed by atoms with Crippen molar-refractivity contribution < 1.29 is 19.1 Å². The van der Waals surface area contributed by atoms with Gasteiger partial charge in [-0.1, -0.05) is 35.9 Å². The van der Waals surface area contributed by atoms with Gasteiger partial charge >= 0.3 is 0 Å². The second kappa shape index (κ2) is 9.92. The van der Waals surface area contributed by atoms with Crippen molar-refractivity contribution in [2.24, 2.45) is 0 Å². The minimum atomic E-state index is -0.427. The number of aryl methyl sites for hydroxylation is 1. The summed E-state index contributed by atoms with van der Waals surface area (Å²) >= 11 is 4.38. The van der Waals surface area contributed by atoms with Crippen LogP contribution in [0.25, 0.3) is 6.08 Å². The number of halogens is 1. The number of amides is 3. The van der Waals surface area contributed by atoms with Gasteiger partial charge in [0.2, 0.25) is 5.91 Å². The Kier molecular flexibility index (Phi) is 7.01. The molecule has 0 bridgehead atoms. The molecule has 2 heterocycles. The molecule has 2 aromatic rings. The highest BCUT2D eigenvalue weighted by atomic mass is 79.9. The number of imide groups is 1. The van der Waals surface area contributed by atoms with Gasteiger partial charge in [0.25, 0.3) is 11.1 Å². The molecule has 4 rings (SSSR count). The Labute approximate surface area is 199 Å². The van der Waals surface area contributed by atoms with Crippen molar-refractivity contribution in [3.8, 4) is 5.75 Å². The van der Waals surface area contributed by atoms with Gasteiger partial charge in [-0.25, -0.2) is 0 Å². The number of likely N-dealkylation sites (tertiary alicyclic amines) is 1. The number of benzene rings is 2. The summed E-state index contributed by atoms with van der Waals surface area (Å²) in [5.74, 6) is 0.0836. The van der Waals surface area contributed by atoms with Gasteiger partial charge < -0.3 is 9.64 Å². The fourth-order valence-corrected chi connectivity index (χ4v) is 5.03. The van der Waals surface area contributed by atoms with Crippen LogP contribution in [0.15, 0.2) is 51.8 Å². The van der Waals surface area contributed by atoms with E-state index in [-0.39, 0.29) is 12.5 Å². The first-order valence-corrected chi connectivity index (χ1v) is 12.0. The van der Waals surface area contributed by atoms with E-state index >= 15 is 0 Å². The summed E-state index contributed by atoms with van der Waals surface area (Å²) in [5, 5.41) is -0.411. The number of hydrogen-bond acceptors (Lipinski definition) is 5. The van der Waals surface area contributed by atoms with E-state index in [1.165, 1.54) is 5.56 Å². The van der Waals surface area contributed by atoms with Crippen LogP contribution in [0.2, 0.25) is 0 Å². The molecule has 0 radical (unpaired) electrons. The van der Waals surface area contributed by atoms with E-state index in [0.29, 0.717) is 30.4 Å². The molecule has 32 heavy (non-hydrogen) atoms. The SMILES string of the molecule is Cc1cccc(COc2ccc(/C=C3/SC(=O)N(CC(=O)N4CCCC4)C3=O)cc2Br)c1. The van der Waals surface area contributed by atoms with Crippen LogP contribution in [0.3, 0.4) is 0 Å². The van der Waals surface area contributed by atoms with Crippen LogP contribution in [0.4, 0.5) is 4.79 Å². The molecule has 0 unspecified atom stereocenters. The van der Waals surface area contributed by atoms with Crippen LogP contribution in [0.5, 0.6) is 5.75 Å². The van der Waals surface area contributed by atoms with Crippen LogP contribution in [-0.4, -0.2) is 46.5 Å². The van der Waals surface area contributed by atoms with Gasteiger partial charge in [-0.2, -0.15) is 0 Å². The molecule has 3 amide bonds. The van der Waals surface area contributed by atoms with Gasteiger partial charge in [0, 0.05) is 13.1 Å². The van der Waals surface area contributed by atoms with Crippen molar-refractivity contribution in [2.45, 2.75) is 26.4 Å². The molecule has 0 saturated carbocycles. The van der Waals surface area contributed by atoms with Gasteiger partial charge in [0.1, 0.15) is 18.9 Å². The maximum Gasteiger partial charge on any atom is 0.294 e. The standard InChI is InChI=1S/C24H23BrN2O4S/c1-16-5-4-6-18(11-16)15-31-20-8-7-17(12-19(20)25)13-21-23(29)27(24(30)32-21)14-22(28)26-9-2-3-10-26/h4-8,11-13H,2-3,9-10,14-15H2,1H3/b21-13+. The van der Waals surface area contributed by atoms with E-state index in [4.69, 9.17) is 4.74 Å². The number of nitrogens with zero attached hydrogens (tertiary/aromatic N) is 2. The average Bonchev–Trinajstić information content (AvgIpc) is 3.38. The molecule has 0 spiro atoms. The molecule has 2 fully saturated rings. The highest BCUT2D eigenvalue weighted by Crippen LogP contribution is 2.34. The van der Waals surface area contributed by atoms with Crippen molar-refractivity contribution in [1.29, 1.82) is 0 Å². The summed E-state index contributed by atoms with van der Waals surface area (Å²) in [6.45, 7) is 3.67. The van der Waals surface area contributed by atoms with Crippen LogP contribution in [0.1, 0.15) is 29.5 Å². The number of rotatable bonds is 6. The highest BCUT2D eigenvalue weighted by Gasteiger charge is 2.37. The fraction of sp³-hybridized carbons (Fsp3) is 0.292. The molecule has 0 aromatic heterocycles. The number of hydrogen-bond donors (Lipinski definition) is 0. The lowest BCUT2D eigenvalue weighted by atomic mass is 10.1.